The number of hydrogen-bond acceptors (Lipinski definition) is 7. The van der Waals surface area contributed by atoms with Crippen LogP contribution in [0.25, 0.3) is 0 Å². The Labute approximate surface area is 148 Å². The maximum Gasteiger partial charge on any atom is 0.157 e. The van der Waals surface area contributed by atoms with E-state index in [0.717, 1.165) is 59.7 Å². The van der Waals surface area contributed by atoms with E-state index in [1.54, 1.807) is 6.92 Å². The SMILES string of the molecule is C.CCO.CCOC1CCCCO1.CO.CO.OC1CCCCO1. The van der Waals surface area contributed by atoms with Crippen LogP contribution in [-0.4, -0.2) is 73.7 Å². The lowest BCUT2D eigenvalue weighted by molar-refractivity contribution is -0.159. The Hall–Kier alpha value is -0.280. The summed E-state index contributed by atoms with van der Waals surface area (Å²) in [5, 5.41) is 30.3. The lowest BCUT2D eigenvalue weighted by atomic mass is 10.2. The number of aliphatic hydroxyl groups is 4. The molecule has 24 heavy (non-hydrogen) atoms. The van der Waals surface area contributed by atoms with Crippen molar-refractivity contribution in [2.75, 3.05) is 40.6 Å². The third-order valence-electron chi connectivity index (χ3n) is 2.65. The van der Waals surface area contributed by atoms with Crippen LogP contribution in [-0.2, 0) is 14.2 Å². The molecule has 7 heteroatoms. The largest absolute Gasteiger partial charge is 0.400 e. The van der Waals surface area contributed by atoms with Crippen LogP contribution >= 0.6 is 0 Å². The lowest BCUT2D eigenvalue weighted by Crippen LogP contribution is -2.21. The van der Waals surface area contributed by atoms with Gasteiger partial charge in [0.05, 0.1) is 0 Å². The predicted molar refractivity (Wildman–Crippen MR) is 96.8 cm³/mol. The van der Waals surface area contributed by atoms with Crippen molar-refractivity contribution in [1.82, 2.24) is 0 Å². The number of rotatable bonds is 2. The van der Waals surface area contributed by atoms with Gasteiger partial charge in [0.15, 0.2) is 12.6 Å². The van der Waals surface area contributed by atoms with Crippen molar-refractivity contribution in [1.29, 1.82) is 0 Å². The molecule has 0 saturated carbocycles. The monoisotopic (exact) mass is 358 g/mol. The zero-order valence-corrected chi connectivity index (χ0v) is 15.2. The second-order valence-corrected chi connectivity index (χ2v) is 4.39. The fourth-order valence-electron chi connectivity index (χ4n) is 1.75. The summed E-state index contributed by atoms with van der Waals surface area (Å²) in [6, 6.07) is 0. The van der Waals surface area contributed by atoms with E-state index in [9.17, 15) is 0 Å². The smallest absolute Gasteiger partial charge is 0.157 e. The van der Waals surface area contributed by atoms with Gasteiger partial charge in [0.2, 0.25) is 0 Å². The second kappa shape index (κ2) is 30.6. The molecule has 152 valence electrons. The molecule has 2 heterocycles. The van der Waals surface area contributed by atoms with Gasteiger partial charge < -0.3 is 34.6 Å². The van der Waals surface area contributed by atoms with Gasteiger partial charge in [0.1, 0.15) is 0 Å². The highest BCUT2D eigenvalue weighted by Gasteiger charge is 2.12. The Bertz CT molecular complexity index is 168. The Morgan fingerprint density at radius 2 is 1.33 bits per heavy atom. The Balaban J connectivity index is -0.000000120. The third-order valence-corrected chi connectivity index (χ3v) is 2.65. The molecular formula is C17H42O7. The van der Waals surface area contributed by atoms with E-state index < -0.39 is 6.29 Å². The maximum atomic E-state index is 8.69. The zero-order valence-electron chi connectivity index (χ0n) is 15.2. The molecule has 0 radical (unpaired) electrons. The van der Waals surface area contributed by atoms with E-state index in [2.05, 4.69) is 0 Å². The molecule has 2 atom stereocenters. The first-order chi connectivity index (χ1) is 11.2. The zero-order chi connectivity index (χ0) is 18.3. The average molecular weight is 359 g/mol. The van der Waals surface area contributed by atoms with Crippen molar-refractivity contribution in [3.05, 3.63) is 0 Å². The van der Waals surface area contributed by atoms with Crippen molar-refractivity contribution in [2.45, 2.75) is 72.4 Å². The van der Waals surface area contributed by atoms with Crippen LogP contribution in [0.5, 0.6) is 0 Å². The van der Waals surface area contributed by atoms with Crippen molar-refractivity contribution in [3.8, 4) is 0 Å². The van der Waals surface area contributed by atoms with Gasteiger partial charge in [-0.3, -0.25) is 0 Å². The molecule has 2 unspecified atom stereocenters. The van der Waals surface area contributed by atoms with Gasteiger partial charge in [-0.2, -0.15) is 0 Å². The minimum absolute atomic E-state index is 0. The van der Waals surface area contributed by atoms with E-state index in [4.69, 9.17) is 34.6 Å². The summed E-state index contributed by atoms with van der Waals surface area (Å²) in [6.45, 7) is 6.31. The molecule has 7 nitrogen and oxygen atoms in total. The summed E-state index contributed by atoms with van der Waals surface area (Å²) in [4.78, 5) is 0. The van der Waals surface area contributed by atoms with Crippen LogP contribution in [0.3, 0.4) is 0 Å². The van der Waals surface area contributed by atoms with Gasteiger partial charge in [-0.05, 0) is 52.4 Å². The average Bonchev–Trinajstić information content (AvgIpc) is 2.62. The van der Waals surface area contributed by atoms with Crippen LogP contribution in [0.4, 0.5) is 0 Å². The summed E-state index contributed by atoms with van der Waals surface area (Å²) in [7, 11) is 2.00. The van der Waals surface area contributed by atoms with Gasteiger partial charge in [-0.15, -0.1) is 0 Å². The number of hydrogen-bond donors (Lipinski definition) is 4. The molecule has 0 aromatic heterocycles. The molecule has 2 saturated heterocycles. The van der Waals surface area contributed by atoms with Crippen LogP contribution in [0.1, 0.15) is 59.8 Å². The van der Waals surface area contributed by atoms with Gasteiger partial charge in [-0.25, -0.2) is 0 Å². The van der Waals surface area contributed by atoms with E-state index >= 15 is 0 Å². The minimum Gasteiger partial charge on any atom is -0.400 e. The lowest BCUT2D eigenvalue weighted by Gasteiger charge is -2.21. The molecule has 2 fully saturated rings. The van der Waals surface area contributed by atoms with Crippen molar-refractivity contribution >= 4 is 0 Å². The maximum absolute atomic E-state index is 8.69. The second-order valence-electron chi connectivity index (χ2n) is 4.39. The van der Waals surface area contributed by atoms with Crippen molar-refractivity contribution in [2.24, 2.45) is 0 Å². The molecule has 2 aliphatic heterocycles. The highest BCUT2D eigenvalue weighted by atomic mass is 16.7. The van der Waals surface area contributed by atoms with Gasteiger partial charge in [-0.1, -0.05) is 7.43 Å². The quantitative estimate of drug-likeness (QED) is 0.597. The van der Waals surface area contributed by atoms with Gasteiger partial charge >= 0.3 is 0 Å². The van der Waals surface area contributed by atoms with Crippen molar-refractivity contribution < 1.29 is 34.6 Å². The summed E-state index contributed by atoms with van der Waals surface area (Å²) in [5.41, 5.74) is 0. The first-order valence-corrected chi connectivity index (χ1v) is 8.27. The molecule has 0 aliphatic carbocycles. The molecule has 4 N–H and O–H groups in total. The summed E-state index contributed by atoms with van der Waals surface area (Å²) in [5.74, 6) is 0. The molecule has 2 rings (SSSR count). The summed E-state index contributed by atoms with van der Waals surface area (Å²) >= 11 is 0. The first-order valence-electron chi connectivity index (χ1n) is 8.27. The molecule has 0 spiro atoms. The van der Waals surface area contributed by atoms with Crippen LogP contribution < -0.4 is 0 Å². The Kier molecular flexibility index (Phi) is 40.1. The fourth-order valence-corrected chi connectivity index (χ4v) is 1.75. The highest BCUT2D eigenvalue weighted by molar-refractivity contribution is 4.53. The molecule has 0 amide bonds. The van der Waals surface area contributed by atoms with Crippen LogP contribution in [0.15, 0.2) is 0 Å². The fraction of sp³-hybridized carbons (Fsp3) is 1.00. The van der Waals surface area contributed by atoms with Gasteiger partial charge in [0, 0.05) is 40.6 Å². The Morgan fingerprint density at radius 1 is 0.875 bits per heavy atom. The topological polar surface area (TPSA) is 109 Å². The van der Waals surface area contributed by atoms with E-state index in [-0.39, 0.29) is 20.3 Å². The Morgan fingerprint density at radius 3 is 1.58 bits per heavy atom. The highest BCUT2D eigenvalue weighted by Crippen LogP contribution is 2.12. The van der Waals surface area contributed by atoms with Gasteiger partial charge in [0.25, 0.3) is 0 Å². The summed E-state index contributed by atoms with van der Waals surface area (Å²) in [6.07, 6.45) is 6.21. The molecule has 0 bridgehead atoms. The third kappa shape index (κ3) is 26.6. The molecule has 0 aromatic rings. The molecular weight excluding hydrogens is 316 g/mol. The number of ether oxygens (including phenoxy) is 3. The summed E-state index contributed by atoms with van der Waals surface area (Å²) < 4.78 is 15.4. The normalized spacial score (nSPS) is 21.5. The minimum atomic E-state index is -0.464. The number of aliphatic hydroxyl groups excluding tert-OH is 4. The first kappa shape index (κ1) is 31.5. The van der Waals surface area contributed by atoms with E-state index in [0.29, 0.717) is 0 Å². The van der Waals surface area contributed by atoms with E-state index in [1.165, 1.54) is 12.8 Å². The van der Waals surface area contributed by atoms with Crippen molar-refractivity contribution in [3.63, 3.8) is 0 Å². The van der Waals surface area contributed by atoms with Crippen LogP contribution in [0.2, 0.25) is 0 Å². The predicted octanol–water partition coefficient (Wildman–Crippen LogP) is 1.91. The van der Waals surface area contributed by atoms with E-state index in [1.807, 2.05) is 6.92 Å². The molecule has 0 aromatic carbocycles. The van der Waals surface area contributed by atoms with Crippen LogP contribution in [0, 0.1) is 0 Å². The standard InChI is InChI=1S/C7H14O2.C5H10O2.C2H6O.2CH4O.CH4/c1-2-8-7-5-3-4-6-9-7;6-5-3-1-2-4-7-5;1-2-3;2*1-2;/h7H,2-6H2,1H3;5-6H,1-4H2;3H,2H2,1H3;2*2H,1H3;1H4. The molecule has 2 aliphatic rings.